The van der Waals surface area contributed by atoms with E-state index >= 15 is 0 Å². The van der Waals surface area contributed by atoms with Crippen LogP contribution >= 0.6 is 35.6 Å². The number of benzene rings is 1. The number of guanidine groups is 1. The molecule has 1 aromatic rings. The molecular formula is C17H28ClIN4. The Kier molecular flexibility index (Phi) is 10.6. The van der Waals surface area contributed by atoms with Gasteiger partial charge in [-0.15, -0.1) is 24.0 Å². The van der Waals surface area contributed by atoms with E-state index in [1.165, 1.54) is 37.9 Å². The standard InChI is InChI=1S/C17H27ClN4.HI/c1-19-17(21-10-13-22-11-3-2-4-12-22)20-9-8-15-6-5-7-16(18)14-15;/h5-7,14H,2-4,8-13H2,1H3,(H2,19,20,21);1H. The minimum absolute atomic E-state index is 0. The first-order valence-corrected chi connectivity index (χ1v) is 8.57. The molecule has 1 aliphatic rings. The van der Waals surface area contributed by atoms with Gasteiger partial charge in [0.15, 0.2) is 5.96 Å². The molecule has 1 saturated heterocycles. The van der Waals surface area contributed by atoms with Gasteiger partial charge in [-0.25, -0.2) is 0 Å². The number of nitrogens with one attached hydrogen (secondary N) is 2. The fraction of sp³-hybridized carbons (Fsp3) is 0.588. The molecule has 0 atom stereocenters. The maximum atomic E-state index is 5.99. The Labute approximate surface area is 162 Å². The number of hydrogen-bond acceptors (Lipinski definition) is 2. The maximum absolute atomic E-state index is 5.99. The van der Waals surface area contributed by atoms with Crippen LogP contribution in [0, 0.1) is 0 Å². The highest BCUT2D eigenvalue weighted by atomic mass is 127. The summed E-state index contributed by atoms with van der Waals surface area (Å²) in [6.07, 6.45) is 5.00. The van der Waals surface area contributed by atoms with Gasteiger partial charge in [-0.05, 0) is 50.0 Å². The minimum atomic E-state index is 0. The first kappa shape index (κ1) is 20.5. The summed E-state index contributed by atoms with van der Waals surface area (Å²) in [4.78, 5) is 6.79. The lowest BCUT2D eigenvalue weighted by Gasteiger charge is -2.26. The predicted octanol–water partition coefficient (Wildman–Crippen LogP) is 3.15. The van der Waals surface area contributed by atoms with Crippen LogP contribution in [0.4, 0.5) is 0 Å². The van der Waals surface area contributed by atoms with Crippen molar-refractivity contribution in [2.45, 2.75) is 25.7 Å². The van der Waals surface area contributed by atoms with Crippen molar-refractivity contribution in [2.24, 2.45) is 4.99 Å². The Balaban J connectivity index is 0.00000264. The molecule has 6 heteroatoms. The van der Waals surface area contributed by atoms with Crippen LogP contribution in [0.3, 0.4) is 0 Å². The fourth-order valence-electron chi connectivity index (χ4n) is 2.75. The summed E-state index contributed by atoms with van der Waals surface area (Å²) in [5.74, 6) is 0.874. The van der Waals surface area contributed by atoms with Crippen LogP contribution in [0.5, 0.6) is 0 Å². The molecule has 2 N–H and O–H groups in total. The summed E-state index contributed by atoms with van der Waals surface area (Å²) in [6, 6.07) is 8.00. The maximum Gasteiger partial charge on any atom is 0.191 e. The van der Waals surface area contributed by atoms with Gasteiger partial charge in [-0.1, -0.05) is 30.2 Å². The summed E-state index contributed by atoms with van der Waals surface area (Å²) in [5, 5.41) is 7.53. The van der Waals surface area contributed by atoms with Gasteiger partial charge >= 0.3 is 0 Å². The first-order valence-electron chi connectivity index (χ1n) is 8.19. The molecule has 0 spiro atoms. The van der Waals surface area contributed by atoms with Crippen molar-refractivity contribution in [3.05, 3.63) is 34.9 Å². The Hall–Kier alpha value is -0.530. The number of aliphatic imine (C=N–C) groups is 1. The lowest BCUT2D eigenvalue weighted by molar-refractivity contribution is 0.232. The highest BCUT2D eigenvalue weighted by molar-refractivity contribution is 14.0. The number of rotatable bonds is 6. The van der Waals surface area contributed by atoms with Crippen LogP contribution in [-0.4, -0.2) is 50.6 Å². The quantitative estimate of drug-likeness (QED) is 0.397. The fourth-order valence-corrected chi connectivity index (χ4v) is 2.97. The van der Waals surface area contributed by atoms with Crippen molar-refractivity contribution in [3.63, 3.8) is 0 Å². The van der Waals surface area contributed by atoms with E-state index in [1.807, 2.05) is 25.2 Å². The Morgan fingerprint density at radius 2 is 1.91 bits per heavy atom. The molecule has 0 aromatic heterocycles. The van der Waals surface area contributed by atoms with Gasteiger partial charge in [0.05, 0.1) is 0 Å². The summed E-state index contributed by atoms with van der Waals surface area (Å²) >= 11 is 5.99. The van der Waals surface area contributed by atoms with E-state index in [-0.39, 0.29) is 24.0 Å². The highest BCUT2D eigenvalue weighted by Crippen LogP contribution is 2.10. The summed E-state index contributed by atoms with van der Waals surface area (Å²) in [5.41, 5.74) is 1.24. The molecular weight excluding hydrogens is 423 g/mol. The van der Waals surface area contributed by atoms with Gasteiger partial charge in [0.25, 0.3) is 0 Å². The Bertz CT molecular complexity index is 475. The van der Waals surface area contributed by atoms with E-state index in [0.29, 0.717) is 0 Å². The number of likely N-dealkylation sites (tertiary alicyclic amines) is 1. The third-order valence-corrected chi connectivity index (χ3v) is 4.22. The Morgan fingerprint density at radius 1 is 1.17 bits per heavy atom. The topological polar surface area (TPSA) is 39.7 Å². The third-order valence-electron chi connectivity index (χ3n) is 3.99. The molecule has 0 aliphatic carbocycles. The lowest BCUT2D eigenvalue weighted by Crippen LogP contribution is -2.43. The van der Waals surface area contributed by atoms with Gasteiger partial charge in [-0.3, -0.25) is 4.99 Å². The van der Waals surface area contributed by atoms with E-state index in [2.05, 4.69) is 26.6 Å². The zero-order chi connectivity index (χ0) is 15.6. The second-order valence-electron chi connectivity index (χ2n) is 5.71. The molecule has 0 saturated carbocycles. The molecule has 4 nitrogen and oxygen atoms in total. The molecule has 1 aliphatic heterocycles. The molecule has 23 heavy (non-hydrogen) atoms. The van der Waals surface area contributed by atoms with E-state index in [9.17, 15) is 0 Å². The number of hydrogen-bond donors (Lipinski definition) is 2. The number of piperidine rings is 1. The van der Waals surface area contributed by atoms with Crippen molar-refractivity contribution < 1.29 is 0 Å². The van der Waals surface area contributed by atoms with Crippen LogP contribution in [0.15, 0.2) is 29.3 Å². The predicted molar refractivity (Wildman–Crippen MR) is 110 cm³/mol. The van der Waals surface area contributed by atoms with Crippen LogP contribution in [0.1, 0.15) is 24.8 Å². The van der Waals surface area contributed by atoms with Crippen molar-refractivity contribution >= 4 is 41.5 Å². The summed E-state index contributed by atoms with van der Waals surface area (Å²) in [7, 11) is 1.82. The van der Waals surface area contributed by atoms with Crippen molar-refractivity contribution in [3.8, 4) is 0 Å². The molecule has 0 unspecified atom stereocenters. The van der Waals surface area contributed by atoms with Crippen molar-refractivity contribution in [1.29, 1.82) is 0 Å². The van der Waals surface area contributed by atoms with Crippen LogP contribution in [0.2, 0.25) is 5.02 Å². The normalized spacial score (nSPS) is 15.8. The monoisotopic (exact) mass is 450 g/mol. The van der Waals surface area contributed by atoms with E-state index in [1.54, 1.807) is 0 Å². The first-order chi connectivity index (χ1) is 10.8. The number of nitrogens with zero attached hydrogens (tertiary/aromatic N) is 2. The molecule has 1 heterocycles. The second kappa shape index (κ2) is 11.9. The molecule has 0 radical (unpaired) electrons. The van der Waals surface area contributed by atoms with Crippen molar-refractivity contribution in [2.75, 3.05) is 39.8 Å². The summed E-state index contributed by atoms with van der Waals surface area (Å²) < 4.78 is 0. The number of halogens is 2. The van der Waals surface area contributed by atoms with Gasteiger partial charge in [0.2, 0.25) is 0 Å². The zero-order valence-electron chi connectivity index (χ0n) is 13.9. The second-order valence-corrected chi connectivity index (χ2v) is 6.14. The van der Waals surface area contributed by atoms with Gasteiger partial charge in [0.1, 0.15) is 0 Å². The van der Waals surface area contributed by atoms with Crippen LogP contribution < -0.4 is 10.6 Å². The molecule has 2 rings (SSSR count). The lowest BCUT2D eigenvalue weighted by atomic mass is 10.1. The smallest absolute Gasteiger partial charge is 0.191 e. The summed E-state index contributed by atoms with van der Waals surface area (Å²) in [6.45, 7) is 5.36. The van der Waals surface area contributed by atoms with E-state index in [4.69, 9.17) is 11.6 Å². The highest BCUT2D eigenvalue weighted by Gasteiger charge is 2.09. The Morgan fingerprint density at radius 3 is 2.61 bits per heavy atom. The van der Waals surface area contributed by atoms with E-state index in [0.717, 1.165) is 37.0 Å². The molecule has 0 amide bonds. The van der Waals surface area contributed by atoms with E-state index < -0.39 is 0 Å². The molecule has 130 valence electrons. The average molecular weight is 451 g/mol. The van der Waals surface area contributed by atoms with Gasteiger partial charge in [0, 0.05) is 31.7 Å². The van der Waals surface area contributed by atoms with Gasteiger partial charge in [-0.2, -0.15) is 0 Å². The van der Waals surface area contributed by atoms with Crippen LogP contribution in [-0.2, 0) is 6.42 Å². The molecule has 1 aromatic carbocycles. The van der Waals surface area contributed by atoms with Crippen LogP contribution in [0.25, 0.3) is 0 Å². The third kappa shape index (κ3) is 8.22. The average Bonchev–Trinajstić information content (AvgIpc) is 2.54. The minimum Gasteiger partial charge on any atom is -0.356 e. The largest absolute Gasteiger partial charge is 0.356 e. The SMILES string of the molecule is CN=C(NCCc1cccc(Cl)c1)NCCN1CCCCC1.I. The molecule has 1 fully saturated rings. The van der Waals surface area contributed by atoms with Crippen molar-refractivity contribution in [1.82, 2.24) is 15.5 Å². The molecule has 0 bridgehead atoms. The van der Waals surface area contributed by atoms with Gasteiger partial charge < -0.3 is 15.5 Å². The zero-order valence-corrected chi connectivity index (χ0v) is 16.9.